The van der Waals surface area contributed by atoms with Crippen molar-refractivity contribution in [3.8, 4) is 0 Å². The molecule has 0 amide bonds. The van der Waals surface area contributed by atoms with Crippen LogP contribution in [-0.4, -0.2) is 0 Å². The molecule has 0 aliphatic heterocycles. The van der Waals surface area contributed by atoms with Crippen LogP contribution < -0.4 is 5.73 Å². The SMILES string of the molecule is C=Cc1ccc(N)cc1C=C. The number of rotatable bonds is 2. The van der Waals surface area contributed by atoms with Crippen molar-refractivity contribution in [2.45, 2.75) is 0 Å². The maximum absolute atomic E-state index is 5.58. The lowest BCUT2D eigenvalue weighted by Gasteiger charge is -2.00. The van der Waals surface area contributed by atoms with Crippen molar-refractivity contribution in [1.29, 1.82) is 0 Å². The van der Waals surface area contributed by atoms with Crippen LogP contribution in [0.25, 0.3) is 12.2 Å². The highest BCUT2D eigenvalue weighted by Gasteiger charge is 1.93. The molecule has 0 heterocycles. The summed E-state index contributed by atoms with van der Waals surface area (Å²) in [5.41, 5.74) is 8.42. The van der Waals surface area contributed by atoms with Gasteiger partial charge in [-0.05, 0) is 23.3 Å². The maximum Gasteiger partial charge on any atom is 0.0320 e. The van der Waals surface area contributed by atoms with Crippen molar-refractivity contribution < 1.29 is 0 Å². The molecule has 0 aromatic heterocycles. The van der Waals surface area contributed by atoms with Crippen molar-refractivity contribution in [3.63, 3.8) is 0 Å². The molecular formula is C10H11N. The molecule has 11 heavy (non-hydrogen) atoms. The zero-order valence-corrected chi connectivity index (χ0v) is 6.38. The van der Waals surface area contributed by atoms with Crippen LogP contribution in [-0.2, 0) is 0 Å². The Morgan fingerprint density at radius 1 is 1.09 bits per heavy atom. The summed E-state index contributed by atoms with van der Waals surface area (Å²) in [7, 11) is 0. The number of hydrogen-bond acceptors (Lipinski definition) is 1. The highest BCUT2D eigenvalue weighted by molar-refractivity contribution is 5.67. The van der Waals surface area contributed by atoms with Gasteiger partial charge >= 0.3 is 0 Å². The van der Waals surface area contributed by atoms with Gasteiger partial charge in [-0.3, -0.25) is 0 Å². The van der Waals surface area contributed by atoms with Crippen molar-refractivity contribution in [2.75, 3.05) is 5.73 Å². The van der Waals surface area contributed by atoms with E-state index in [9.17, 15) is 0 Å². The molecule has 0 spiro atoms. The first-order valence-corrected chi connectivity index (χ1v) is 3.42. The highest BCUT2D eigenvalue weighted by atomic mass is 14.5. The van der Waals surface area contributed by atoms with E-state index in [4.69, 9.17) is 5.73 Å². The standard InChI is InChI=1S/C10H11N/c1-3-8-5-6-10(11)7-9(8)4-2/h3-7H,1-2,11H2. The van der Waals surface area contributed by atoms with Crippen LogP contribution in [0, 0.1) is 0 Å². The second-order valence-electron chi connectivity index (χ2n) is 2.30. The third kappa shape index (κ3) is 1.49. The van der Waals surface area contributed by atoms with Gasteiger partial charge < -0.3 is 5.73 Å². The number of hydrogen-bond donors (Lipinski definition) is 1. The van der Waals surface area contributed by atoms with Crippen LogP contribution >= 0.6 is 0 Å². The van der Waals surface area contributed by atoms with Crippen LogP contribution in [0.15, 0.2) is 31.4 Å². The average molecular weight is 145 g/mol. The lowest BCUT2D eigenvalue weighted by Crippen LogP contribution is -1.86. The van der Waals surface area contributed by atoms with Crippen molar-refractivity contribution in [1.82, 2.24) is 0 Å². The Labute approximate surface area is 66.9 Å². The quantitative estimate of drug-likeness (QED) is 0.636. The molecule has 1 aromatic rings. The normalized spacial score (nSPS) is 9.09. The lowest BCUT2D eigenvalue weighted by atomic mass is 10.1. The van der Waals surface area contributed by atoms with Crippen molar-refractivity contribution in [3.05, 3.63) is 42.5 Å². The highest BCUT2D eigenvalue weighted by Crippen LogP contribution is 2.15. The van der Waals surface area contributed by atoms with Gasteiger partial charge in [-0.2, -0.15) is 0 Å². The van der Waals surface area contributed by atoms with Gasteiger partial charge in [0.05, 0.1) is 0 Å². The molecule has 0 fully saturated rings. The minimum atomic E-state index is 0.755. The number of anilines is 1. The molecule has 0 bridgehead atoms. The summed E-state index contributed by atoms with van der Waals surface area (Å²) in [4.78, 5) is 0. The van der Waals surface area contributed by atoms with Crippen LogP contribution in [0.2, 0.25) is 0 Å². The summed E-state index contributed by atoms with van der Waals surface area (Å²) in [5.74, 6) is 0. The fourth-order valence-corrected chi connectivity index (χ4v) is 0.956. The Balaban J connectivity index is 3.26. The zero-order valence-electron chi connectivity index (χ0n) is 6.38. The van der Waals surface area contributed by atoms with E-state index in [2.05, 4.69) is 13.2 Å². The Bertz CT molecular complexity index is 287. The molecule has 1 aromatic carbocycles. The first kappa shape index (κ1) is 7.61. The lowest BCUT2D eigenvalue weighted by molar-refractivity contribution is 1.61. The van der Waals surface area contributed by atoms with Gasteiger partial charge in [-0.25, -0.2) is 0 Å². The monoisotopic (exact) mass is 145 g/mol. The minimum absolute atomic E-state index is 0.755. The van der Waals surface area contributed by atoms with Gasteiger partial charge in [0.2, 0.25) is 0 Å². The van der Waals surface area contributed by atoms with Crippen molar-refractivity contribution >= 4 is 17.8 Å². The molecule has 0 radical (unpaired) electrons. The molecule has 1 nitrogen and oxygen atoms in total. The molecular weight excluding hydrogens is 134 g/mol. The molecule has 1 heteroatoms. The van der Waals surface area contributed by atoms with Crippen LogP contribution in [0.1, 0.15) is 11.1 Å². The van der Waals surface area contributed by atoms with Crippen LogP contribution in [0.3, 0.4) is 0 Å². The topological polar surface area (TPSA) is 26.0 Å². The second-order valence-corrected chi connectivity index (χ2v) is 2.30. The van der Waals surface area contributed by atoms with E-state index in [0.29, 0.717) is 0 Å². The molecule has 0 saturated carbocycles. The van der Waals surface area contributed by atoms with E-state index in [0.717, 1.165) is 16.8 Å². The summed E-state index contributed by atoms with van der Waals surface area (Å²) in [6.07, 6.45) is 3.56. The van der Waals surface area contributed by atoms with Crippen LogP contribution in [0.4, 0.5) is 5.69 Å². The second kappa shape index (κ2) is 3.06. The summed E-state index contributed by atoms with van der Waals surface area (Å²) >= 11 is 0. The first-order valence-electron chi connectivity index (χ1n) is 3.42. The number of nitrogens with two attached hydrogens (primary N) is 1. The zero-order chi connectivity index (χ0) is 8.27. The molecule has 0 aliphatic carbocycles. The third-order valence-electron chi connectivity index (χ3n) is 1.55. The smallest absolute Gasteiger partial charge is 0.0320 e. The van der Waals surface area contributed by atoms with Gasteiger partial charge in [-0.15, -0.1) is 0 Å². The number of benzene rings is 1. The van der Waals surface area contributed by atoms with E-state index in [1.54, 1.807) is 12.2 Å². The maximum atomic E-state index is 5.58. The van der Waals surface area contributed by atoms with Gasteiger partial charge in [0.1, 0.15) is 0 Å². The Morgan fingerprint density at radius 3 is 2.27 bits per heavy atom. The van der Waals surface area contributed by atoms with Gasteiger partial charge in [-0.1, -0.05) is 31.4 Å². The predicted octanol–water partition coefficient (Wildman–Crippen LogP) is 2.55. The number of nitrogen functional groups attached to an aromatic ring is 1. The fourth-order valence-electron chi connectivity index (χ4n) is 0.956. The predicted molar refractivity (Wildman–Crippen MR) is 51.0 cm³/mol. The van der Waals surface area contributed by atoms with E-state index < -0.39 is 0 Å². The van der Waals surface area contributed by atoms with E-state index in [1.807, 2.05) is 18.2 Å². The minimum Gasteiger partial charge on any atom is -0.399 e. The van der Waals surface area contributed by atoms with E-state index >= 15 is 0 Å². The molecule has 0 atom stereocenters. The molecule has 0 aliphatic rings. The Morgan fingerprint density at radius 2 is 1.73 bits per heavy atom. The molecule has 56 valence electrons. The largest absolute Gasteiger partial charge is 0.399 e. The molecule has 0 saturated heterocycles. The third-order valence-corrected chi connectivity index (χ3v) is 1.55. The average Bonchev–Trinajstić information content (AvgIpc) is 2.04. The summed E-state index contributed by atoms with van der Waals surface area (Å²) in [6.45, 7) is 7.36. The first-order chi connectivity index (χ1) is 5.27. The van der Waals surface area contributed by atoms with Gasteiger partial charge in [0.25, 0.3) is 0 Å². The summed E-state index contributed by atoms with van der Waals surface area (Å²) < 4.78 is 0. The van der Waals surface area contributed by atoms with Crippen LogP contribution in [0.5, 0.6) is 0 Å². The molecule has 0 unspecified atom stereocenters. The molecule has 1 rings (SSSR count). The summed E-state index contributed by atoms with van der Waals surface area (Å²) in [6, 6.07) is 5.66. The fraction of sp³-hybridized carbons (Fsp3) is 0. The Hall–Kier alpha value is -1.50. The van der Waals surface area contributed by atoms with Gasteiger partial charge in [0.15, 0.2) is 0 Å². The van der Waals surface area contributed by atoms with E-state index in [-0.39, 0.29) is 0 Å². The molecule has 2 N–H and O–H groups in total. The van der Waals surface area contributed by atoms with E-state index in [1.165, 1.54) is 0 Å². The van der Waals surface area contributed by atoms with Crippen molar-refractivity contribution in [2.24, 2.45) is 0 Å². The van der Waals surface area contributed by atoms with Gasteiger partial charge in [0, 0.05) is 5.69 Å². The Kier molecular flexibility index (Phi) is 2.12. The summed E-state index contributed by atoms with van der Waals surface area (Å²) in [5, 5.41) is 0.